The van der Waals surface area contributed by atoms with Gasteiger partial charge in [0.25, 0.3) is 0 Å². The van der Waals surface area contributed by atoms with E-state index in [4.69, 9.17) is 0 Å². The van der Waals surface area contributed by atoms with Gasteiger partial charge >= 0.3 is 6.36 Å². The van der Waals surface area contributed by atoms with Gasteiger partial charge in [0.15, 0.2) is 0 Å². The molecule has 1 aromatic carbocycles. The van der Waals surface area contributed by atoms with Gasteiger partial charge in [-0.15, -0.1) is 13.2 Å². The number of alkyl halides is 3. The van der Waals surface area contributed by atoms with Crippen LogP contribution in [0.5, 0.6) is 5.75 Å². The van der Waals surface area contributed by atoms with Crippen molar-refractivity contribution in [3.05, 3.63) is 29.8 Å². The second kappa shape index (κ2) is 7.07. The smallest absolute Gasteiger partial charge is 0.405 e. The summed E-state index contributed by atoms with van der Waals surface area (Å²) in [5.74, 6) is -0.0950. The summed E-state index contributed by atoms with van der Waals surface area (Å²) >= 11 is 0. The topological polar surface area (TPSA) is 27.7 Å². The number of benzene rings is 1. The van der Waals surface area contributed by atoms with Gasteiger partial charge in [0, 0.05) is 50.9 Å². The van der Waals surface area contributed by atoms with E-state index in [-0.39, 0.29) is 5.75 Å². The summed E-state index contributed by atoms with van der Waals surface area (Å²) in [5, 5.41) is 3.37. The molecule has 2 aliphatic rings. The molecule has 128 valence electrons. The largest absolute Gasteiger partial charge is 0.573 e. The Kier molecular flexibility index (Phi) is 5.08. The molecule has 1 aromatic rings. The lowest BCUT2D eigenvalue weighted by molar-refractivity contribution is -0.275. The molecule has 0 aromatic heterocycles. The molecule has 0 saturated carbocycles. The molecule has 0 spiro atoms. The van der Waals surface area contributed by atoms with Crippen LogP contribution in [-0.4, -0.2) is 61.5 Å². The highest BCUT2D eigenvalue weighted by molar-refractivity contribution is 5.33. The van der Waals surface area contributed by atoms with E-state index in [9.17, 15) is 13.2 Å². The lowest BCUT2D eigenvalue weighted by Crippen LogP contribution is -2.50. The Hall–Kier alpha value is -1.31. The second-order valence-electron chi connectivity index (χ2n) is 6.11. The lowest BCUT2D eigenvalue weighted by atomic mass is 10.1. The average molecular weight is 329 g/mol. The Morgan fingerprint density at radius 3 is 2.52 bits per heavy atom. The fourth-order valence-corrected chi connectivity index (χ4v) is 3.34. The number of hydrogen-bond donors (Lipinski definition) is 1. The Balaban J connectivity index is 1.56. The van der Waals surface area contributed by atoms with Crippen LogP contribution in [0.25, 0.3) is 0 Å². The molecule has 4 nitrogen and oxygen atoms in total. The summed E-state index contributed by atoms with van der Waals surface area (Å²) in [6, 6.07) is 7.00. The molecule has 23 heavy (non-hydrogen) atoms. The van der Waals surface area contributed by atoms with Crippen LogP contribution in [0.15, 0.2) is 24.3 Å². The number of ether oxygens (including phenoxy) is 1. The van der Waals surface area contributed by atoms with E-state index in [0.29, 0.717) is 18.2 Å². The first-order valence-corrected chi connectivity index (χ1v) is 8.02. The summed E-state index contributed by atoms with van der Waals surface area (Å²) in [6.45, 7) is 6.29. The number of para-hydroxylation sites is 1. The summed E-state index contributed by atoms with van der Waals surface area (Å²) < 4.78 is 41.6. The first kappa shape index (κ1) is 16.5. The van der Waals surface area contributed by atoms with E-state index in [0.717, 1.165) is 39.3 Å². The van der Waals surface area contributed by atoms with Crippen LogP contribution in [0.4, 0.5) is 13.2 Å². The maximum absolute atomic E-state index is 12.5. The first-order chi connectivity index (χ1) is 11.0. The van der Waals surface area contributed by atoms with Gasteiger partial charge in [-0.25, -0.2) is 0 Å². The van der Waals surface area contributed by atoms with Crippen molar-refractivity contribution in [2.75, 3.05) is 39.3 Å². The van der Waals surface area contributed by atoms with Crippen LogP contribution in [0.3, 0.4) is 0 Å². The minimum absolute atomic E-state index is 0.0950. The fourth-order valence-electron chi connectivity index (χ4n) is 3.34. The zero-order valence-electron chi connectivity index (χ0n) is 13.0. The van der Waals surface area contributed by atoms with Crippen molar-refractivity contribution in [3.63, 3.8) is 0 Å². The van der Waals surface area contributed by atoms with E-state index in [1.54, 1.807) is 18.2 Å². The molecule has 0 unspecified atom stereocenters. The highest BCUT2D eigenvalue weighted by atomic mass is 19.4. The predicted octanol–water partition coefficient (Wildman–Crippen LogP) is 2.06. The van der Waals surface area contributed by atoms with Gasteiger partial charge in [-0.1, -0.05) is 18.2 Å². The van der Waals surface area contributed by atoms with Gasteiger partial charge < -0.3 is 10.1 Å². The van der Waals surface area contributed by atoms with Crippen molar-refractivity contribution in [3.8, 4) is 5.75 Å². The molecule has 2 saturated heterocycles. The van der Waals surface area contributed by atoms with E-state index < -0.39 is 6.36 Å². The van der Waals surface area contributed by atoms with Crippen LogP contribution in [0.1, 0.15) is 12.0 Å². The third-order valence-corrected chi connectivity index (χ3v) is 4.55. The molecular formula is C16H22F3N3O. The molecule has 0 radical (unpaired) electrons. The third kappa shape index (κ3) is 4.59. The molecule has 1 atom stereocenters. The van der Waals surface area contributed by atoms with Crippen molar-refractivity contribution >= 4 is 0 Å². The van der Waals surface area contributed by atoms with E-state index >= 15 is 0 Å². The molecule has 7 heteroatoms. The molecule has 2 aliphatic heterocycles. The van der Waals surface area contributed by atoms with Gasteiger partial charge in [-0.3, -0.25) is 9.80 Å². The highest BCUT2D eigenvalue weighted by Gasteiger charge is 2.32. The standard InChI is InChI=1S/C16H22F3N3O/c17-16(18,19)23-15-4-2-1-3-13(15)12-21-7-9-22(10-8-21)14-5-6-20-11-14/h1-4,14,20H,5-12H2/t14-/m1/s1. The molecule has 1 N–H and O–H groups in total. The first-order valence-electron chi connectivity index (χ1n) is 8.02. The van der Waals surface area contributed by atoms with Gasteiger partial charge in [-0.05, 0) is 19.0 Å². The number of rotatable bonds is 4. The molecule has 2 heterocycles. The van der Waals surface area contributed by atoms with E-state index in [2.05, 4.69) is 19.9 Å². The number of piperazine rings is 1. The minimum Gasteiger partial charge on any atom is -0.405 e. The Morgan fingerprint density at radius 1 is 1.13 bits per heavy atom. The van der Waals surface area contributed by atoms with Crippen LogP contribution in [-0.2, 0) is 6.54 Å². The summed E-state index contributed by atoms with van der Waals surface area (Å²) in [7, 11) is 0. The SMILES string of the molecule is FC(F)(F)Oc1ccccc1CN1CCN([C@@H]2CCNC2)CC1. The zero-order valence-corrected chi connectivity index (χ0v) is 13.0. The number of nitrogens with one attached hydrogen (secondary N) is 1. The van der Waals surface area contributed by atoms with Crippen molar-refractivity contribution in [1.29, 1.82) is 0 Å². The van der Waals surface area contributed by atoms with Crippen molar-refractivity contribution in [1.82, 2.24) is 15.1 Å². The minimum atomic E-state index is -4.65. The number of nitrogens with zero attached hydrogens (tertiary/aromatic N) is 2. The van der Waals surface area contributed by atoms with Crippen LogP contribution >= 0.6 is 0 Å². The Bertz CT molecular complexity index is 510. The molecular weight excluding hydrogens is 307 g/mol. The summed E-state index contributed by atoms with van der Waals surface area (Å²) in [6.07, 6.45) is -3.47. The predicted molar refractivity (Wildman–Crippen MR) is 81.2 cm³/mol. The number of halogens is 3. The molecule has 2 fully saturated rings. The second-order valence-corrected chi connectivity index (χ2v) is 6.11. The van der Waals surface area contributed by atoms with E-state index in [1.807, 2.05) is 0 Å². The van der Waals surface area contributed by atoms with Gasteiger partial charge in [0.05, 0.1) is 0 Å². The summed E-state index contributed by atoms with van der Waals surface area (Å²) in [5.41, 5.74) is 0.584. The quantitative estimate of drug-likeness (QED) is 0.915. The fraction of sp³-hybridized carbons (Fsp3) is 0.625. The highest BCUT2D eigenvalue weighted by Crippen LogP contribution is 2.27. The maximum Gasteiger partial charge on any atom is 0.573 e. The van der Waals surface area contributed by atoms with Crippen molar-refractivity contribution in [2.45, 2.75) is 25.4 Å². The zero-order chi connectivity index (χ0) is 16.3. The monoisotopic (exact) mass is 329 g/mol. The molecule has 0 aliphatic carbocycles. The van der Waals surface area contributed by atoms with Crippen molar-refractivity contribution < 1.29 is 17.9 Å². The normalized spacial score (nSPS) is 24.0. The maximum atomic E-state index is 12.5. The lowest BCUT2D eigenvalue weighted by Gasteiger charge is -2.38. The average Bonchev–Trinajstić information content (AvgIpc) is 3.03. The van der Waals surface area contributed by atoms with Crippen LogP contribution in [0.2, 0.25) is 0 Å². The Labute approximate surface area is 134 Å². The molecule has 0 amide bonds. The Morgan fingerprint density at radius 2 is 1.87 bits per heavy atom. The third-order valence-electron chi connectivity index (χ3n) is 4.55. The van der Waals surface area contributed by atoms with Gasteiger partial charge in [-0.2, -0.15) is 0 Å². The van der Waals surface area contributed by atoms with E-state index in [1.165, 1.54) is 12.5 Å². The van der Waals surface area contributed by atoms with Crippen LogP contribution in [0, 0.1) is 0 Å². The number of hydrogen-bond acceptors (Lipinski definition) is 4. The summed E-state index contributed by atoms with van der Waals surface area (Å²) in [4.78, 5) is 4.67. The van der Waals surface area contributed by atoms with Gasteiger partial charge in [0.1, 0.15) is 5.75 Å². The van der Waals surface area contributed by atoms with Crippen molar-refractivity contribution in [2.24, 2.45) is 0 Å². The molecule has 3 rings (SSSR count). The van der Waals surface area contributed by atoms with Crippen LogP contribution < -0.4 is 10.1 Å². The van der Waals surface area contributed by atoms with Gasteiger partial charge in [0.2, 0.25) is 0 Å². The molecule has 0 bridgehead atoms.